The highest BCUT2D eigenvalue weighted by molar-refractivity contribution is 5.92. The van der Waals surface area contributed by atoms with Gasteiger partial charge in [0.05, 0.1) is 7.11 Å². The number of hydrogen-bond acceptors (Lipinski definition) is 4. The zero-order chi connectivity index (χ0) is 12.4. The molecular weight excluding hydrogens is 222 g/mol. The number of carboxylic acids is 1. The maximum absolute atomic E-state index is 11.0. The van der Waals surface area contributed by atoms with Gasteiger partial charge in [-0.1, -0.05) is 12.1 Å². The van der Waals surface area contributed by atoms with Crippen LogP contribution in [0.5, 0.6) is 5.75 Å². The van der Waals surface area contributed by atoms with Crippen LogP contribution in [0.2, 0.25) is 0 Å². The van der Waals surface area contributed by atoms with E-state index in [1.54, 1.807) is 38.3 Å². The van der Waals surface area contributed by atoms with Crippen molar-refractivity contribution in [2.45, 2.75) is 6.92 Å². The van der Waals surface area contributed by atoms with Crippen molar-refractivity contribution in [3.05, 3.63) is 35.9 Å². The number of nitrogens with zero attached hydrogens (tertiary/aromatic N) is 1. The molecule has 0 aliphatic rings. The van der Waals surface area contributed by atoms with E-state index in [1.807, 2.05) is 0 Å². The summed E-state index contributed by atoms with van der Waals surface area (Å²) in [5.41, 5.74) is 0.540. The van der Waals surface area contributed by atoms with Gasteiger partial charge in [-0.15, -0.1) is 0 Å². The number of benzene rings is 1. The van der Waals surface area contributed by atoms with Crippen molar-refractivity contribution in [3.8, 4) is 17.1 Å². The van der Waals surface area contributed by atoms with Crippen LogP contribution < -0.4 is 4.74 Å². The molecule has 0 aliphatic carbocycles. The van der Waals surface area contributed by atoms with Gasteiger partial charge in [0.25, 0.3) is 0 Å². The molecule has 0 spiro atoms. The summed E-state index contributed by atoms with van der Waals surface area (Å²) in [4.78, 5) is 14.8. The fourth-order valence-corrected chi connectivity index (χ4v) is 1.53. The highest BCUT2D eigenvalue weighted by Gasteiger charge is 2.19. The standard InChI is InChI=1S/C12H11NO4/c1-7-13-10(12(14)15)11(17-7)8-4-3-5-9(6-8)16-2/h3-6H,1-2H3,(H,14,15). The van der Waals surface area contributed by atoms with Crippen molar-refractivity contribution in [1.29, 1.82) is 0 Å². The summed E-state index contributed by atoms with van der Waals surface area (Å²) in [6, 6.07) is 6.98. The second-order valence-corrected chi connectivity index (χ2v) is 3.45. The molecule has 0 bridgehead atoms. The molecule has 0 saturated carbocycles. The molecule has 2 aromatic rings. The molecule has 88 valence electrons. The van der Waals surface area contributed by atoms with E-state index in [1.165, 1.54) is 0 Å². The van der Waals surface area contributed by atoms with Gasteiger partial charge in [0.2, 0.25) is 0 Å². The van der Waals surface area contributed by atoms with Crippen LogP contribution in [0.3, 0.4) is 0 Å². The first kappa shape index (κ1) is 11.2. The molecule has 2 rings (SSSR count). The first-order valence-electron chi connectivity index (χ1n) is 4.97. The highest BCUT2D eigenvalue weighted by atomic mass is 16.5. The topological polar surface area (TPSA) is 72.6 Å². The van der Waals surface area contributed by atoms with E-state index in [0.29, 0.717) is 17.2 Å². The lowest BCUT2D eigenvalue weighted by Gasteiger charge is -2.02. The number of rotatable bonds is 3. The molecule has 5 heteroatoms. The Morgan fingerprint density at radius 3 is 2.88 bits per heavy atom. The molecule has 0 aliphatic heterocycles. The molecule has 1 heterocycles. The molecule has 0 radical (unpaired) electrons. The number of aromatic nitrogens is 1. The number of oxazole rings is 1. The predicted molar refractivity (Wildman–Crippen MR) is 60.2 cm³/mol. The van der Waals surface area contributed by atoms with Gasteiger partial charge in [-0.2, -0.15) is 0 Å². The molecule has 0 saturated heterocycles. The Bertz CT molecular complexity index is 559. The summed E-state index contributed by atoms with van der Waals surface area (Å²) >= 11 is 0. The smallest absolute Gasteiger partial charge is 0.358 e. The number of ether oxygens (including phenoxy) is 1. The molecular formula is C12H11NO4. The first-order chi connectivity index (χ1) is 8.11. The number of aromatic carboxylic acids is 1. The number of methoxy groups -OCH3 is 1. The average Bonchev–Trinajstić information content (AvgIpc) is 2.72. The molecule has 0 amide bonds. The van der Waals surface area contributed by atoms with Crippen molar-refractivity contribution in [2.24, 2.45) is 0 Å². The number of carbonyl (C=O) groups is 1. The normalized spacial score (nSPS) is 10.2. The summed E-state index contributed by atoms with van der Waals surface area (Å²) in [7, 11) is 1.54. The average molecular weight is 233 g/mol. The largest absolute Gasteiger partial charge is 0.497 e. The lowest BCUT2D eigenvalue weighted by Crippen LogP contribution is -1.98. The van der Waals surface area contributed by atoms with Gasteiger partial charge in [0.15, 0.2) is 17.3 Å². The van der Waals surface area contributed by atoms with Crippen molar-refractivity contribution < 1.29 is 19.1 Å². The quantitative estimate of drug-likeness (QED) is 0.880. The Kier molecular flexibility index (Phi) is 2.82. The number of carboxylic acid groups (broad SMARTS) is 1. The fourth-order valence-electron chi connectivity index (χ4n) is 1.53. The van der Waals surface area contributed by atoms with E-state index < -0.39 is 5.97 Å². The van der Waals surface area contributed by atoms with E-state index in [4.69, 9.17) is 14.3 Å². The van der Waals surface area contributed by atoms with Gasteiger partial charge in [-0.05, 0) is 12.1 Å². The summed E-state index contributed by atoms with van der Waals surface area (Å²) < 4.78 is 10.4. The zero-order valence-electron chi connectivity index (χ0n) is 9.43. The van der Waals surface area contributed by atoms with Gasteiger partial charge in [-0.3, -0.25) is 0 Å². The van der Waals surface area contributed by atoms with E-state index in [-0.39, 0.29) is 11.5 Å². The van der Waals surface area contributed by atoms with E-state index in [9.17, 15) is 4.79 Å². The van der Waals surface area contributed by atoms with Crippen molar-refractivity contribution in [2.75, 3.05) is 7.11 Å². The zero-order valence-corrected chi connectivity index (χ0v) is 9.43. The van der Waals surface area contributed by atoms with Crippen molar-refractivity contribution in [3.63, 3.8) is 0 Å². The van der Waals surface area contributed by atoms with Crippen LogP contribution in [0.4, 0.5) is 0 Å². The van der Waals surface area contributed by atoms with Crippen LogP contribution in [-0.4, -0.2) is 23.2 Å². The fraction of sp³-hybridized carbons (Fsp3) is 0.167. The molecule has 0 atom stereocenters. The van der Waals surface area contributed by atoms with Gasteiger partial charge in [-0.25, -0.2) is 9.78 Å². The van der Waals surface area contributed by atoms with Crippen LogP contribution in [0.1, 0.15) is 16.4 Å². The summed E-state index contributed by atoms with van der Waals surface area (Å²) in [6.07, 6.45) is 0. The molecule has 0 unspecified atom stereocenters. The maximum Gasteiger partial charge on any atom is 0.358 e. The Labute approximate surface area is 97.7 Å². The SMILES string of the molecule is COc1cccc(-c2oc(C)nc2C(=O)O)c1. The van der Waals surface area contributed by atoms with Crippen LogP contribution in [0.25, 0.3) is 11.3 Å². The third-order valence-corrected chi connectivity index (χ3v) is 2.27. The lowest BCUT2D eigenvalue weighted by atomic mass is 10.1. The Hall–Kier alpha value is -2.30. The Balaban J connectivity index is 2.55. The molecule has 0 fully saturated rings. The summed E-state index contributed by atoms with van der Waals surface area (Å²) in [5, 5.41) is 9.01. The molecule has 1 aromatic carbocycles. The van der Waals surface area contributed by atoms with Gasteiger partial charge < -0.3 is 14.3 Å². The predicted octanol–water partition coefficient (Wildman–Crippen LogP) is 2.36. The second-order valence-electron chi connectivity index (χ2n) is 3.45. The van der Waals surface area contributed by atoms with Crippen molar-refractivity contribution in [1.82, 2.24) is 4.98 Å². The minimum absolute atomic E-state index is 0.0873. The molecule has 1 N–H and O–H groups in total. The van der Waals surface area contributed by atoms with Gasteiger partial charge >= 0.3 is 5.97 Å². The summed E-state index contributed by atoms with van der Waals surface area (Å²) in [5.74, 6) is 0.0849. The van der Waals surface area contributed by atoms with Gasteiger partial charge in [0, 0.05) is 12.5 Å². The summed E-state index contributed by atoms with van der Waals surface area (Å²) in [6.45, 7) is 1.61. The first-order valence-corrected chi connectivity index (χ1v) is 4.97. The maximum atomic E-state index is 11.0. The molecule has 17 heavy (non-hydrogen) atoms. The van der Waals surface area contributed by atoms with E-state index in [2.05, 4.69) is 4.98 Å². The minimum Gasteiger partial charge on any atom is -0.497 e. The Morgan fingerprint density at radius 2 is 2.24 bits per heavy atom. The molecule has 5 nitrogen and oxygen atoms in total. The van der Waals surface area contributed by atoms with Gasteiger partial charge in [0.1, 0.15) is 5.75 Å². The van der Waals surface area contributed by atoms with E-state index >= 15 is 0 Å². The number of aryl methyl sites for hydroxylation is 1. The molecule has 1 aromatic heterocycles. The monoisotopic (exact) mass is 233 g/mol. The lowest BCUT2D eigenvalue weighted by molar-refractivity contribution is 0.0691. The van der Waals surface area contributed by atoms with Crippen LogP contribution in [0, 0.1) is 6.92 Å². The van der Waals surface area contributed by atoms with E-state index in [0.717, 1.165) is 0 Å². The number of hydrogen-bond donors (Lipinski definition) is 1. The van der Waals surface area contributed by atoms with Crippen molar-refractivity contribution >= 4 is 5.97 Å². The minimum atomic E-state index is -1.11. The third kappa shape index (κ3) is 2.13. The Morgan fingerprint density at radius 1 is 1.47 bits per heavy atom. The second kappa shape index (κ2) is 4.29. The van der Waals surface area contributed by atoms with Crippen LogP contribution in [-0.2, 0) is 0 Å². The highest BCUT2D eigenvalue weighted by Crippen LogP contribution is 2.27. The van der Waals surface area contributed by atoms with Crippen LogP contribution >= 0.6 is 0 Å². The third-order valence-electron chi connectivity index (χ3n) is 2.27. The van der Waals surface area contributed by atoms with Crippen LogP contribution in [0.15, 0.2) is 28.7 Å².